The lowest BCUT2D eigenvalue weighted by Crippen LogP contribution is -2.02. The van der Waals surface area contributed by atoms with Crippen LogP contribution in [0.2, 0.25) is 0 Å². The first-order chi connectivity index (χ1) is 8.19. The van der Waals surface area contributed by atoms with Gasteiger partial charge in [0.25, 0.3) is 0 Å². The molecule has 0 spiro atoms. The van der Waals surface area contributed by atoms with Gasteiger partial charge in [0, 0.05) is 7.05 Å². The van der Waals surface area contributed by atoms with E-state index in [-0.39, 0.29) is 5.82 Å². The maximum atomic E-state index is 12.7. The van der Waals surface area contributed by atoms with Crippen LogP contribution >= 0.6 is 0 Å². The number of benzene rings is 1. The lowest BCUT2D eigenvalue weighted by atomic mass is 10.3. The summed E-state index contributed by atoms with van der Waals surface area (Å²) in [5.74, 6) is 0.400. The third-order valence-electron chi connectivity index (χ3n) is 2.59. The van der Waals surface area contributed by atoms with Gasteiger partial charge >= 0.3 is 0 Å². The summed E-state index contributed by atoms with van der Waals surface area (Å²) in [7, 11) is 1.89. The average Bonchev–Trinajstić information content (AvgIpc) is 2.69. The highest BCUT2D eigenvalue weighted by Gasteiger charge is 2.04. The summed E-state index contributed by atoms with van der Waals surface area (Å²) in [4.78, 5) is 0. The minimum Gasteiger partial charge on any atom is -0.487 e. The minimum absolute atomic E-state index is 0.258. The van der Waals surface area contributed by atoms with Crippen molar-refractivity contribution >= 4 is 0 Å². The van der Waals surface area contributed by atoms with Crippen LogP contribution in [0.1, 0.15) is 18.3 Å². The van der Waals surface area contributed by atoms with E-state index in [2.05, 4.69) is 12.0 Å². The van der Waals surface area contributed by atoms with E-state index in [1.807, 2.05) is 17.8 Å². The summed E-state index contributed by atoms with van der Waals surface area (Å²) in [5, 5.41) is 4.33. The summed E-state index contributed by atoms with van der Waals surface area (Å²) in [6.07, 6.45) is 0.907. The van der Waals surface area contributed by atoms with Crippen LogP contribution in [0.5, 0.6) is 5.75 Å². The second kappa shape index (κ2) is 4.99. The van der Waals surface area contributed by atoms with Gasteiger partial charge in [-0.2, -0.15) is 5.10 Å². The molecule has 1 heterocycles. The standard InChI is InChI=1S/C13H15FN2O/c1-3-11-8-12(16(2)15-11)9-17-13-6-4-10(14)5-7-13/h4-8H,3,9H2,1-2H3. The molecule has 0 aliphatic carbocycles. The molecule has 1 aromatic carbocycles. The first-order valence-electron chi connectivity index (χ1n) is 5.59. The number of halogens is 1. The number of nitrogens with zero attached hydrogens (tertiary/aromatic N) is 2. The van der Waals surface area contributed by atoms with E-state index in [1.165, 1.54) is 12.1 Å². The molecule has 2 aromatic rings. The molecule has 0 N–H and O–H groups in total. The highest BCUT2D eigenvalue weighted by molar-refractivity contribution is 5.22. The van der Waals surface area contributed by atoms with Crippen molar-refractivity contribution < 1.29 is 9.13 Å². The van der Waals surface area contributed by atoms with E-state index >= 15 is 0 Å². The van der Waals surface area contributed by atoms with Crippen molar-refractivity contribution in [2.45, 2.75) is 20.0 Å². The van der Waals surface area contributed by atoms with Crippen LogP contribution in [-0.4, -0.2) is 9.78 Å². The Balaban J connectivity index is 2.01. The van der Waals surface area contributed by atoms with Gasteiger partial charge in [-0.3, -0.25) is 4.68 Å². The molecule has 0 fully saturated rings. The van der Waals surface area contributed by atoms with Gasteiger partial charge in [-0.1, -0.05) is 6.92 Å². The second-order valence-corrected chi connectivity index (χ2v) is 3.85. The van der Waals surface area contributed by atoms with E-state index in [9.17, 15) is 4.39 Å². The molecule has 2 rings (SSSR count). The van der Waals surface area contributed by atoms with Gasteiger partial charge in [-0.25, -0.2) is 4.39 Å². The fraction of sp³-hybridized carbons (Fsp3) is 0.308. The van der Waals surface area contributed by atoms with Crippen molar-refractivity contribution in [1.82, 2.24) is 9.78 Å². The molecule has 4 heteroatoms. The van der Waals surface area contributed by atoms with Gasteiger partial charge in [0.15, 0.2) is 0 Å². The largest absolute Gasteiger partial charge is 0.487 e. The molecule has 0 radical (unpaired) electrons. The number of ether oxygens (including phenoxy) is 1. The zero-order chi connectivity index (χ0) is 12.3. The predicted octanol–water partition coefficient (Wildman–Crippen LogP) is 2.70. The van der Waals surface area contributed by atoms with Crippen LogP contribution in [-0.2, 0) is 20.1 Å². The first-order valence-corrected chi connectivity index (χ1v) is 5.59. The Morgan fingerprint density at radius 2 is 2.00 bits per heavy atom. The van der Waals surface area contributed by atoms with Gasteiger partial charge in [0.05, 0.1) is 11.4 Å². The molecule has 0 atom stereocenters. The Morgan fingerprint density at radius 1 is 1.29 bits per heavy atom. The van der Waals surface area contributed by atoms with Crippen molar-refractivity contribution in [1.29, 1.82) is 0 Å². The average molecular weight is 234 g/mol. The Bertz CT molecular complexity index is 491. The molecular weight excluding hydrogens is 219 g/mol. The fourth-order valence-corrected chi connectivity index (χ4v) is 1.57. The van der Waals surface area contributed by atoms with E-state index in [0.29, 0.717) is 12.4 Å². The topological polar surface area (TPSA) is 27.1 Å². The zero-order valence-corrected chi connectivity index (χ0v) is 9.98. The smallest absolute Gasteiger partial charge is 0.130 e. The van der Waals surface area contributed by atoms with Crippen LogP contribution in [0.25, 0.3) is 0 Å². The summed E-state index contributed by atoms with van der Waals surface area (Å²) in [6.45, 7) is 2.50. The van der Waals surface area contributed by atoms with E-state index in [0.717, 1.165) is 17.8 Å². The van der Waals surface area contributed by atoms with E-state index in [4.69, 9.17) is 4.74 Å². The Labute approximate surface area is 99.8 Å². The molecule has 17 heavy (non-hydrogen) atoms. The van der Waals surface area contributed by atoms with Gasteiger partial charge in [-0.15, -0.1) is 0 Å². The summed E-state index contributed by atoms with van der Waals surface area (Å²) >= 11 is 0. The molecule has 0 amide bonds. The third-order valence-corrected chi connectivity index (χ3v) is 2.59. The van der Waals surface area contributed by atoms with Crippen LogP contribution in [0.4, 0.5) is 4.39 Å². The number of aromatic nitrogens is 2. The molecular formula is C13H15FN2O. The van der Waals surface area contributed by atoms with Crippen molar-refractivity contribution in [3.63, 3.8) is 0 Å². The van der Waals surface area contributed by atoms with Crippen molar-refractivity contribution in [2.75, 3.05) is 0 Å². The Kier molecular flexibility index (Phi) is 3.42. The van der Waals surface area contributed by atoms with Crippen LogP contribution in [0.15, 0.2) is 30.3 Å². The molecule has 0 saturated heterocycles. The number of hydrogen-bond acceptors (Lipinski definition) is 2. The molecule has 3 nitrogen and oxygen atoms in total. The van der Waals surface area contributed by atoms with Crippen LogP contribution < -0.4 is 4.74 Å². The lowest BCUT2D eigenvalue weighted by Gasteiger charge is -2.05. The highest BCUT2D eigenvalue weighted by Crippen LogP contribution is 2.13. The number of aryl methyl sites for hydroxylation is 2. The molecule has 0 unspecified atom stereocenters. The quantitative estimate of drug-likeness (QED) is 0.813. The van der Waals surface area contributed by atoms with E-state index < -0.39 is 0 Å². The van der Waals surface area contributed by atoms with Crippen LogP contribution in [0, 0.1) is 5.82 Å². The van der Waals surface area contributed by atoms with Gasteiger partial charge in [0.1, 0.15) is 18.2 Å². The number of hydrogen-bond donors (Lipinski definition) is 0. The molecule has 1 aromatic heterocycles. The lowest BCUT2D eigenvalue weighted by molar-refractivity contribution is 0.294. The maximum Gasteiger partial charge on any atom is 0.130 e. The van der Waals surface area contributed by atoms with E-state index in [1.54, 1.807) is 12.1 Å². The Hall–Kier alpha value is -1.84. The molecule has 0 saturated carbocycles. The SMILES string of the molecule is CCc1cc(COc2ccc(F)cc2)n(C)n1. The third kappa shape index (κ3) is 2.84. The van der Waals surface area contributed by atoms with Crippen molar-refractivity contribution in [3.05, 3.63) is 47.5 Å². The van der Waals surface area contributed by atoms with Crippen molar-refractivity contribution in [3.8, 4) is 5.75 Å². The monoisotopic (exact) mass is 234 g/mol. The fourth-order valence-electron chi connectivity index (χ4n) is 1.57. The first kappa shape index (κ1) is 11.6. The molecule has 0 bridgehead atoms. The molecule has 90 valence electrons. The second-order valence-electron chi connectivity index (χ2n) is 3.85. The predicted molar refractivity (Wildman–Crippen MR) is 63.3 cm³/mol. The Morgan fingerprint density at radius 3 is 2.59 bits per heavy atom. The van der Waals surface area contributed by atoms with Gasteiger partial charge in [-0.05, 0) is 36.8 Å². The number of rotatable bonds is 4. The summed E-state index contributed by atoms with van der Waals surface area (Å²) in [5.41, 5.74) is 2.05. The van der Waals surface area contributed by atoms with Crippen molar-refractivity contribution in [2.24, 2.45) is 7.05 Å². The molecule has 0 aliphatic rings. The zero-order valence-electron chi connectivity index (χ0n) is 9.98. The maximum absolute atomic E-state index is 12.7. The normalized spacial score (nSPS) is 10.5. The summed E-state index contributed by atoms with van der Waals surface area (Å²) in [6, 6.07) is 8.02. The van der Waals surface area contributed by atoms with Gasteiger partial charge in [0.2, 0.25) is 0 Å². The highest BCUT2D eigenvalue weighted by atomic mass is 19.1. The minimum atomic E-state index is -0.258. The van der Waals surface area contributed by atoms with Crippen LogP contribution in [0.3, 0.4) is 0 Å². The molecule has 0 aliphatic heterocycles. The van der Waals surface area contributed by atoms with Gasteiger partial charge < -0.3 is 4.74 Å². The summed E-state index contributed by atoms with van der Waals surface area (Å²) < 4.78 is 20.1.